The van der Waals surface area contributed by atoms with Gasteiger partial charge < -0.3 is 15.2 Å². The third kappa shape index (κ3) is 3.55. The number of carbonyl (C=O) groups excluding carboxylic acids is 1. The minimum absolute atomic E-state index is 0.109. The molecule has 0 aliphatic rings. The summed E-state index contributed by atoms with van der Waals surface area (Å²) in [4.78, 5) is 15.2. The smallest absolute Gasteiger partial charge is 0.255 e. The van der Waals surface area contributed by atoms with E-state index in [0.717, 1.165) is 6.42 Å². The molecule has 0 radical (unpaired) electrons. The second kappa shape index (κ2) is 5.98. The maximum Gasteiger partial charge on any atom is 0.255 e. The van der Waals surface area contributed by atoms with Crippen LogP contribution in [0.1, 0.15) is 16.8 Å². The highest BCUT2D eigenvalue weighted by atomic mass is 16.5. The number of aromatic hydroxyl groups is 1. The molecule has 0 fully saturated rings. The van der Waals surface area contributed by atoms with Crippen LogP contribution < -0.4 is 5.32 Å². The fraction of sp³-hybridized carbons (Fsp3) is 0.400. The fourth-order valence-corrected chi connectivity index (χ4v) is 1.09. The van der Waals surface area contributed by atoms with Crippen LogP contribution in [0.5, 0.6) is 5.75 Å². The standard InChI is InChI=1S/C10H14N2O3/c1-15-6-2-4-12-10(14)8-3-5-11-7-9(8)13/h3,5,7,13H,2,4,6H2,1H3,(H,12,14). The van der Waals surface area contributed by atoms with Crippen molar-refractivity contribution in [2.75, 3.05) is 20.3 Å². The van der Waals surface area contributed by atoms with Crippen LogP contribution in [0.15, 0.2) is 18.5 Å². The first-order valence-electron chi connectivity index (χ1n) is 4.66. The molecule has 2 N–H and O–H groups in total. The van der Waals surface area contributed by atoms with Gasteiger partial charge >= 0.3 is 0 Å². The molecule has 0 aliphatic heterocycles. The van der Waals surface area contributed by atoms with Gasteiger partial charge in [0.2, 0.25) is 0 Å². The molecule has 1 aromatic rings. The first kappa shape index (κ1) is 11.5. The van der Waals surface area contributed by atoms with E-state index in [1.54, 1.807) is 7.11 Å². The number of hydrogen-bond acceptors (Lipinski definition) is 4. The van der Waals surface area contributed by atoms with Crippen LogP contribution in [0.2, 0.25) is 0 Å². The molecule has 0 saturated carbocycles. The average Bonchev–Trinajstić information content (AvgIpc) is 2.25. The van der Waals surface area contributed by atoms with Crippen LogP contribution in [0.4, 0.5) is 0 Å². The predicted octanol–water partition coefficient (Wildman–Crippen LogP) is 0.553. The van der Waals surface area contributed by atoms with Crippen molar-refractivity contribution < 1.29 is 14.6 Å². The van der Waals surface area contributed by atoms with Crippen molar-refractivity contribution >= 4 is 5.91 Å². The van der Waals surface area contributed by atoms with Crippen LogP contribution in [-0.2, 0) is 4.74 Å². The van der Waals surface area contributed by atoms with Crippen LogP contribution >= 0.6 is 0 Å². The maximum absolute atomic E-state index is 11.5. The summed E-state index contributed by atoms with van der Waals surface area (Å²) in [6.07, 6.45) is 3.45. The van der Waals surface area contributed by atoms with E-state index in [1.165, 1.54) is 18.5 Å². The predicted molar refractivity (Wildman–Crippen MR) is 54.7 cm³/mol. The monoisotopic (exact) mass is 210 g/mol. The number of aromatic nitrogens is 1. The summed E-state index contributed by atoms with van der Waals surface area (Å²) in [5.74, 6) is -0.409. The maximum atomic E-state index is 11.5. The summed E-state index contributed by atoms with van der Waals surface area (Å²) in [6.45, 7) is 1.12. The largest absolute Gasteiger partial charge is 0.505 e. The van der Waals surface area contributed by atoms with Gasteiger partial charge in [-0.05, 0) is 12.5 Å². The molecule has 0 saturated heterocycles. The molecule has 1 aromatic heterocycles. The number of hydrogen-bond donors (Lipinski definition) is 2. The van der Waals surface area contributed by atoms with Crippen molar-refractivity contribution in [2.24, 2.45) is 0 Å². The Morgan fingerprint density at radius 1 is 1.67 bits per heavy atom. The SMILES string of the molecule is COCCCNC(=O)c1ccncc1O. The minimum atomic E-state index is -0.300. The molecule has 1 rings (SSSR count). The summed E-state index contributed by atoms with van der Waals surface area (Å²) < 4.78 is 4.84. The topological polar surface area (TPSA) is 71.5 Å². The fourth-order valence-electron chi connectivity index (χ4n) is 1.09. The van der Waals surface area contributed by atoms with Crippen LogP contribution in [0.25, 0.3) is 0 Å². The van der Waals surface area contributed by atoms with Gasteiger partial charge in [0.25, 0.3) is 5.91 Å². The van der Waals surface area contributed by atoms with E-state index in [-0.39, 0.29) is 17.2 Å². The molecule has 82 valence electrons. The van der Waals surface area contributed by atoms with E-state index in [4.69, 9.17) is 4.74 Å². The van der Waals surface area contributed by atoms with E-state index in [0.29, 0.717) is 13.2 Å². The van der Waals surface area contributed by atoms with Crippen molar-refractivity contribution in [1.82, 2.24) is 10.3 Å². The van der Waals surface area contributed by atoms with Gasteiger partial charge in [0.1, 0.15) is 5.75 Å². The zero-order chi connectivity index (χ0) is 11.1. The lowest BCUT2D eigenvalue weighted by Crippen LogP contribution is -2.25. The lowest BCUT2D eigenvalue weighted by atomic mass is 10.2. The molecule has 0 unspecified atom stereocenters. The van der Waals surface area contributed by atoms with E-state index in [1.807, 2.05) is 0 Å². The van der Waals surface area contributed by atoms with E-state index < -0.39 is 0 Å². The van der Waals surface area contributed by atoms with Crippen molar-refractivity contribution in [2.45, 2.75) is 6.42 Å². The van der Waals surface area contributed by atoms with Gasteiger partial charge in [0.15, 0.2) is 0 Å². The third-order valence-electron chi connectivity index (χ3n) is 1.86. The summed E-state index contributed by atoms with van der Waals surface area (Å²) in [5.41, 5.74) is 0.238. The number of carbonyl (C=O) groups is 1. The van der Waals surface area contributed by atoms with Crippen molar-refractivity contribution in [3.63, 3.8) is 0 Å². The normalized spacial score (nSPS) is 9.93. The number of pyridine rings is 1. The van der Waals surface area contributed by atoms with Crippen molar-refractivity contribution in [3.8, 4) is 5.75 Å². The lowest BCUT2D eigenvalue weighted by molar-refractivity contribution is 0.0946. The Morgan fingerprint density at radius 3 is 3.13 bits per heavy atom. The molecule has 5 nitrogen and oxygen atoms in total. The number of amides is 1. The first-order valence-corrected chi connectivity index (χ1v) is 4.66. The minimum Gasteiger partial charge on any atom is -0.505 e. The number of nitrogens with one attached hydrogen (secondary N) is 1. The summed E-state index contributed by atoms with van der Waals surface area (Å²) in [7, 11) is 1.61. The third-order valence-corrected chi connectivity index (χ3v) is 1.86. The Hall–Kier alpha value is -1.62. The highest BCUT2D eigenvalue weighted by molar-refractivity contribution is 5.96. The molecule has 0 spiro atoms. The van der Waals surface area contributed by atoms with Crippen LogP contribution in [0, 0.1) is 0 Å². The molecular weight excluding hydrogens is 196 g/mol. The zero-order valence-electron chi connectivity index (χ0n) is 8.56. The Kier molecular flexibility index (Phi) is 4.56. The number of ether oxygens (including phenoxy) is 1. The Balaban J connectivity index is 2.44. The molecule has 1 heterocycles. The second-order valence-corrected chi connectivity index (χ2v) is 3.00. The molecule has 0 atom stereocenters. The van der Waals surface area contributed by atoms with Gasteiger partial charge in [-0.1, -0.05) is 0 Å². The number of methoxy groups -OCH3 is 1. The Labute approximate surface area is 88.1 Å². The van der Waals surface area contributed by atoms with E-state index in [9.17, 15) is 9.90 Å². The highest BCUT2D eigenvalue weighted by Crippen LogP contribution is 2.12. The number of nitrogens with zero attached hydrogens (tertiary/aromatic N) is 1. The molecule has 15 heavy (non-hydrogen) atoms. The van der Waals surface area contributed by atoms with E-state index >= 15 is 0 Å². The zero-order valence-corrected chi connectivity index (χ0v) is 8.56. The summed E-state index contributed by atoms with van der Waals surface area (Å²) in [6, 6.07) is 1.47. The van der Waals surface area contributed by atoms with Crippen LogP contribution in [0.3, 0.4) is 0 Å². The Bertz CT molecular complexity index is 328. The molecule has 5 heteroatoms. The van der Waals surface area contributed by atoms with E-state index in [2.05, 4.69) is 10.3 Å². The summed E-state index contributed by atoms with van der Waals surface area (Å²) >= 11 is 0. The highest BCUT2D eigenvalue weighted by Gasteiger charge is 2.09. The molecular formula is C10H14N2O3. The lowest BCUT2D eigenvalue weighted by Gasteiger charge is -2.05. The van der Waals surface area contributed by atoms with Gasteiger partial charge in [-0.15, -0.1) is 0 Å². The number of rotatable bonds is 5. The van der Waals surface area contributed by atoms with Gasteiger partial charge in [0.05, 0.1) is 11.8 Å². The molecule has 1 amide bonds. The molecule has 0 aliphatic carbocycles. The van der Waals surface area contributed by atoms with Crippen molar-refractivity contribution in [1.29, 1.82) is 0 Å². The average molecular weight is 210 g/mol. The quantitative estimate of drug-likeness (QED) is 0.696. The van der Waals surface area contributed by atoms with Gasteiger partial charge in [-0.2, -0.15) is 0 Å². The Morgan fingerprint density at radius 2 is 2.47 bits per heavy atom. The van der Waals surface area contributed by atoms with Crippen LogP contribution in [-0.4, -0.2) is 36.3 Å². The molecule has 0 aromatic carbocycles. The first-order chi connectivity index (χ1) is 7.25. The summed E-state index contributed by atoms with van der Waals surface area (Å²) in [5, 5.41) is 12.0. The van der Waals surface area contributed by atoms with Gasteiger partial charge in [0, 0.05) is 26.5 Å². The molecule has 0 bridgehead atoms. The van der Waals surface area contributed by atoms with Gasteiger partial charge in [-0.3, -0.25) is 9.78 Å². The van der Waals surface area contributed by atoms with Gasteiger partial charge in [-0.25, -0.2) is 0 Å². The second-order valence-electron chi connectivity index (χ2n) is 3.00. The van der Waals surface area contributed by atoms with Crippen molar-refractivity contribution in [3.05, 3.63) is 24.0 Å².